The first kappa shape index (κ1) is 44.8. The van der Waals surface area contributed by atoms with Crippen LogP contribution in [0.25, 0.3) is 0 Å². The Hall–Kier alpha value is 1.65. The van der Waals surface area contributed by atoms with Crippen LogP contribution in [-0.2, 0) is 0 Å². The summed E-state index contributed by atoms with van der Waals surface area (Å²) in [5.41, 5.74) is 0. The van der Waals surface area contributed by atoms with Gasteiger partial charge >= 0.3 is 18.9 Å². The molecule has 21 valence electrons. The van der Waals surface area contributed by atoms with Crippen molar-refractivity contribution >= 4 is 0 Å². The molecular weight excluding hydrogens is 184 g/mol. The van der Waals surface area contributed by atoms with Gasteiger partial charge in [0, 0.05) is 35.6 Å². The molecule has 0 aromatic heterocycles. The Balaban J connectivity index is 0. The molecule has 0 saturated carbocycles. The van der Waals surface area contributed by atoms with Crippen molar-refractivity contribution in [1.82, 2.24) is 0 Å². The van der Waals surface area contributed by atoms with Gasteiger partial charge in [0.05, 0.1) is 0 Å². The van der Waals surface area contributed by atoms with Crippen LogP contribution in [0.2, 0.25) is 0 Å². The summed E-state index contributed by atoms with van der Waals surface area (Å²) in [5.74, 6) is 0. The van der Waals surface area contributed by atoms with Gasteiger partial charge in [-0.1, -0.05) is 0 Å². The van der Waals surface area contributed by atoms with Gasteiger partial charge in [-0.2, -0.15) is 0 Å². The van der Waals surface area contributed by atoms with E-state index in [-0.39, 0.29) is 65.3 Å². The van der Waals surface area contributed by atoms with Crippen molar-refractivity contribution < 1.29 is 65.3 Å². The zero-order valence-corrected chi connectivity index (χ0v) is 6.02. The Labute approximate surface area is 64.7 Å². The van der Waals surface area contributed by atoms with Crippen LogP contribution in [-0.4, -0.2) is 0 Å². The van der Waals surface area contributed by atoms with E-state index in [0.29, 0.717) is 0 Å². The summed E-state index contributed by atoms with van der Waals surface area (Å²) in [4.78, 5) is 0. The molecule has 0 saturated heterocycles. The molecule has 0 aromatic carbocycles. The van der Waals surface area contributed by atoms with Crippen molar-refractivity contribution in [1.29, 1.82) is 0 Å². The summed E-state index contributed by atoms with van der Waals surface area (Å²) in [7, 11) is 0. The van der Waals surface area contributed by atoms with E-state index < -0.39 is 0 Å². The topological polar surface area (TPSA) is 0 Å². The van der Waals surface area contributed by atoms with Gasteiger partial charge in [-0.15, -0.1) is 0 Å². The van der Waals surface area contributed by atoms with Crippen LogP contribution in [0.4, 0.5) is 9.41 Å². The van der Waals surface area contributed by atoms with Crippen molar-refractivity contribution in [3.63, 3.8) is 0 Å². The molecule has 0 unspecified atom stereocenters. The first-order chi connectivity index (χ1) is 0. The fourth-order valence-corrected chi connectivity index (χ4v) is 0. The predicted molar refractivity (Wildman–Crippen MR) is 6.12 cm³/mol. The largest absolute Gasteiger partial charge is 1.00 e. The minimum absolute atomic E-state index is 0. The molecule has 0 heterocycles. The normalized spacial score (nSPS) is 0. The molecule has 0 atom stereocenters. The fourth-order valence-electron chi connectivity index (χ4n) is 0. The van der Waals surface area contributed by atoms with E-state index >= 15 is 0 Å². The molecule has 0 N–H and O–H groups in total. The van der Waals surface area contributed by atoms with Gasteiger partial charge in [-0.25, -0.2) is 0 Å². The smallest absolute Gasteiger partial charge is 1.00 e. The van der Waals surface area contributed by atoms with Crippen molar-refractivity contribution in [2.45, 2.75) is 0 Å². The van der Waals surface area contributed by atoms with Gasteiger partial charge < -0.3 is 1.43 Å². The molecule has 0 fully saturated rings. The van der Waals surface area contributed by atoms with E-state index in [1.165, 1.54) is 0 Å². The first-order valence-electron chi connectivity index (χ1n) is 0. The summed E-state index contributed by atoms with van der Waals surface area (Å²) in [6.45, 7) is 0. The average Bonchev–Trinajstić information content (AvgIpc) is 0. The molecule has 0 amide bonds. The van der Waals surface area contributed by atoms with Gasteiger partial charge in [0.25, 0.3) is 0 Å². The van der Waals surface area contributed by atoms with Crippen molar-refractivity contribution in [3.8, 4) is 0 Å². The van der Waals surface area contributed by atoms with Crippen molar-refractivity contribution in [2.75, 3.05) is 0 Å². The molecule has 4 heteroatoms. The van der Waals surface area contributed by atoms with Gasteiger partial charge in [0.15, 0.2) is 0 Å². The minimum Gasteiger partial charge on any atom is -1.00 e. The van der Waals surface area contributed by atoms with E-state index in [1.807, 2.05) is 0 Å². The summed E-state index contributed by atoms with van der Waals surface area (Å²) in [6, 6.07) is 0. The number of rotatable bonds is 0. The van der Waals surface area contributed by atoms with E-state index in [1.54, 1.807) is 0 Å². The molecule has 0 spiro atoms. The number of hydrogen-bond donors (Lipinski definition) is 0. The minimum atomic E-state index is 0. The summed E-state index contributed by atoms with van der Waals surface area (Å²) >= 11 is 0. The second-order valence-corrected chi connectivity index (χ2v) is 0. The van der Waals surface area contributed by atoms with Crippen molar-refractivity contribution in [3.05, 3.63) is 0 Å². The third kappa shape index (κ3) is 9.41. The van der Waals surface area contributed by atoms with Crippen LogP contribution in [0.5, 0.6) is 0 Å². The molecular formula is H3F2LaLi. The Morgan fingerprint density at radius 1 is 1.00 bits per heavy atom. The van der Waals surface area contributed by atoms with Crippen LogP contribution >= 0.6 is 0 Å². The summed E-state index contributed by atoms with van der Waals surface area (Å²) < 4.78 is 0. The Morgan fingerprint density at radius 2 is 1.00 bits per heavy atom. The van der Waals surface area contributed by atoms with Gasteiger partial charge in [-0.05, 0) is 0 Å². The second-order valence-electron chi connectivity index (χ2n) is 0. The standard InChI is InChI=1S/2FH.La.Li.H/h2*1H;;;/q;;;+1;-1. The van der Waals surface area contributed by atoms with Crippen LogP contribution in [0.1, 0.15) is 1.43 Å². The molecule has 0 nitrogen and oxygen atoms in total. The zero-order chi connectivity index (χ0) is 0. The van der Waals surface area contributed by atoms with Crippen LogP contribution < -0.4 is 18.9 Å². The van der Waals surface area contributed by atoms with Gasteiger partial charge in [0.1, 0.15) is 0 Å². The number of hydrogen-bond acceptors (Lipinski definition) is 0. The monoisotopic (exact) mass is 187 g/mol. The molecule has 4 heavy (non-hydrogen) atoms. The second kappa shape index (κ2) is 22.7. The van der Waals surface area contributed by atoms with Crippen LogP contribution in [0.15, 0.2) is 0 Å². The maximum absolute atomic E-state index is 0. The average molecular weight is 187 g/mol. The maximum Gasteiger partial charge on any atom is 1.00 e. The molecule has 0 aromatic rings. The van der Waals surface area contributed by atoms with Crippen LogP contribution in [0.3, 0.4) is 0 Å². The summed E-state index contributed by atoms with van der Waals surface area (Å²) in [5, 5.41) is 0. The third-order valence-electron chi connectivity index (χ3n) is 0. The van der Waals surface area contributed by atoms with Gasteiger partial charge in [0.2, 0.25) is 0 Å². The van der Waals surface area contributed by atoms with E-state index in [9.17, 15) is 0 Å². The SMILES string of the molecule is F.F.[H-].[La].[Li+]. The van der Waals surface area contributed by atoms with Crippen LogP contribution in [0, 0.1) is 35.6 Å². The van der Waals surface area contributed by atoms with Crippen molar-refractivity contribution in [2.24, 2.45) is 0 Å². The molecule has 0 bridgehead atoms. The quantitative estimate of drug-likeness (QED) is 0.365. The van der Waals surface area contributed by atoms with Gasteiger partial charge in [-0.3, -0.25) is 9.41 Å². The Bertz CT molecular complexity index is 9.61. The predicted octanol–water partition coefficient (Wildman–Crippen LogP) is -2.58. The number of halogens is 2. The molecule has 0 aliphatic rings. The van der Waals surface area contributed by atoms with E-state index in [2.05, 4.69) is 0 Å². The summed E-state index contributed by atoms with van der Waals surface area (Å²) in [6.07, 6.45) is 0. The zero-order valence-electron chi connectivity index (χ0n) is 3.39. The molecule has 0 rings (SSSR count). The molecule has 0 aliphatic carbocycles. The first-order valence-corrected chi connectivity index (χ1v) is 0. The Morgan fingerprint density at radius 3 is 1.00 bits per heavy atom. The fraction of sp³-hybridized carbons (Fsp3) is 0. The molecule has 0 aliphatic heterocycles. The maximum atomic E-state index is 0. The Kier molecular flexibility index (Phi) is 255. The van der Waals surface area contributed by atoms with E-state index in [0.717, 1.165) is 0 Å². The third-order valence-corrected chi connectivity index (χ3v) is 0. The van der Waals surface area contributed by atoms with E-state index in [4.69, 9.17) is 0 Å². The molecule has 1 radical (unpaired) electrons.